The van der Waals surface area contributed by atoms with E-state index in [9.17, 15) is 9.59 Å². The van der Waals surface area contributed by atoms with Crippen molar-refractivity contribution < 1.29 is 14.5 Å². The fourth-order valence-corrected chi connectivity index (χ4v) is 1.34. The summed E-state index contributed by atoms with van der Waals surface area (Å²) in [6.07, 6.45) is 2.50. The van der Waals surface area contributed by atoms with Crippen LogP contribution in [0.2, 0.25) is 0 Å². The Hall–Kier alpha value is 0.464. The Morgan fingerprint density at radius 3 is 2.57 bits per heavy atom. The van der Waals surface area contributed by atoms with Gasteiger partial charge in [0.25, 0.3) is 5.91 Å². The van der Waals surface area contributed by atoms with E-state index in [0.717, 1.165) is 0 Å². The molecular weight excluding hydrogens is 654 g/mol. The molecule has 118 valence electrons. The zero-order valence-electron chi connectivity index (χ0n) is 11.1. The molecule has 0 aliphatic rings. The predicted molar refractivity (Wildman–Crippen MR) is 106 cm³/mol. The van der Waals surface area contributed by atoms with Gasteiger partial charge >= 0.3 is 64.9 Å². The second kappa shape index (κ2) is 12.0. The van der Waals surface area contributed by atoms with Gasteiger partial charge in [-0.25, -0.2) is 0 Å². The molecule has 7 nitrogen and oxygen atoms in total. The molecule has 1 aromatic heterocycles. The van der Waals surface area contributed by atoms with Crippen molar-refractivity contribution in [3.05, 3.63) is 18.0 Å². The minimum absolute atomic E-state index is 0.0282. The number of aryl methyl sites for hydroxylation is 1. The second-order valence-corrected chi connectivity index (χ2v) is 39.1. The number of halogens is 3. The van der Waals surface area contributed by atoms with Gasteiger partial charge in [0.1, 0.15) is 5.69 Å². The van der Waals surface area contributed by atoms with Crippen LogP contribution in [-0.4, -0.2) is 29.3 Å². The summed E-state index contributed by atoms with van der Waals surface area (Å²) < 4.78 is 1.61. The zero-order chi connectivity index (χ0) is 16.4. The molecule has 0 saturated heterocycles. The normalized spacial score (nSPS) is 9.57. The predicted octanol–water partition coefficient (Wildman–Crippen LogP) is 2.30. The van der Waals surface area contributed by atoms with Crippen molar-refractivity contribution in [2.75, 3.05) is 11.9 Å². The van der Waals surface area contributed by atoms with Crippen LogP contribution in [0.25, 0.3) is 0 Å². The first kappa shape index (κ1) is 21.5. The molecule has 2 amide bonds. The molecule has 0 fully saturated rings. The molecule has 1 rings (SSSR count). The average molecular weight is 669 g/mol. The Labute approximate surface area is 160 Å². The Morgan fingerprint density at radius 1 is 1.52 bits per heavy atom. The summed E-state index contributed by atoms with van der Waals surface area (Å²) in [5.74, 6) is -0.242. The third kappa shape index (κ3) is 10.8. The SMILES string of the molecule is Cn1cc(NC=O)cc1C(=O)NCCC(=N)N.[I][V]([I])[I]. The molecule has 1 aromatic rings. The van der Waals surface area contributed by atoms with Gasteiger partial charge in [-0.2, -0.15) is 0 Å². The van der Waals surface area contributed by atoms with Crippen LogP contribution in [0.3, 0.4) is 0 Å². The van der Waals surface area contributed by atoms with E-state index < -0.39 is 0 Å². The van der Waals surface area contributed by atoms with Gasteiger partial charge < -0.3 is 20.9 Å². The van der Waals surface area contributed by atoms with Gasteiger partial charge in [-0.3, -0.25) is 15.0 Å². The van der Waals surface area contributed by atoms with Crippen LogP contribution >= 0.6 is 59.9 Å². The summed E-state index contributed by atoms with van der Waals surface area (Å²) in [6.45, 7) is 0.315. The average Bonchev–Trinajstić information content (AvgIpc) is 2.69. The van der Waals surface area contributed by atoms with E-state index in [2.05, 4.69) is 70.6 Å². The van der Waals surface area contributed by atoms with Crippen LogP contribution in [0.15, 0.2) is 12.3 Å². The Bertz CT molecular complexity index is 492. The first-order chi connectivity index (χ1) is 9.77. The number of anilines is 1. The third-order valence-corrected chi connectivity index (χ3v) is 2.14. The van der Waals surface area contributed by atoms with E-state index in [0.29, 0.717) is 30.8 Å². The van der Waals surface area contributed by atoms with E-state index in [4.69, 9.17) is 11.1 Å². The van der Waals surface area contributed by atoms with Crippen molar-refractivity contribution in [3.8, 4) is 0 Å². The first-order valence-electron chi connectivity index (χ1n) is 5.53. The molecule has 5 N–H and O–H groups in total. The molecule has 0 spiro atoms. The number of nitrogens with one attached hydrogen (secondary N) is 3. The Balaban J connectivity index is 0.000000885. The van der Waals surface area contributed by atoms with Gasteiger partial charge in [0.05, 0.1) is 11.5 Å². The number of hydrogen-bond acceptors (Lipinski definition) is 3. The summed E-state index contributed by atoms with van der Waals surface area (Å²) in [4.78, 5) is 21.7. The van der Waals surface area contributed by atoms with Crippen molar-refractivity contribution in [2.24, 2.45) is 12.8 Å². The van der Waals surface area contributed by atoms with Crippen LogP contribution in [0.1, 0.15) is 16.9 Å². The Morgan fingerprint density at radius 2 is 2.10 bits per heavy atom. The van der Waals surface area contributed by atoms with E-state index in [1.807, 2.05) is 0 Å². The number of aromatic nitrogens is 1. The summed E-state index contributed by atoms with van der Waals surface area (Å²) in [7, 11) is 1.70. The topological polar surface area (TPSA) is 113 Å². The fourth-order valence-electron chi connectivity index (χ4n) is 1.34. The number of nitrogens with two attached hydrogens (primary N) is 1. The van der Waals surface area contributed by atoms with E-state index in [-0.39, 0.29) is 16.7 Å². The number of hydrogen-bond donors (Lipinski definition) is 4. The number of rotatable bonds is 6. The van der Waals surface area contributed by atoms with Crippen LogP contribution in [-0.2, 0) is 16.8 Å². The minimum atomic E-state index is -0.278. The molecule has 0 aliphatic heterocycles. The van der Waals surface area contributed by atoms with Gasteiger partial charge in [0.2, 0.25) is 6.41 Å². The summed E-state index contributed by atoms with van der Waals surface area (Å²) >= 11 is 7.39. The molecule has 0 aliphatic carbocycles. The quantitative estimate of drug-likeness (QED) is 0.162. The molecule has 1 heterocycles. The van der Waals surface area contributed by atoms with Crippen LogP contribution in [0, 0.1) is 5.41 Å². The van der Waals surface area contributed by atoms with Crippen molar-refractivity contribution in [1.29, 1.82) is 5.41 Å². The molecule has 0 aromatic carbocycles. The Kier molecular flexibility index (Phi) is 12.2. The molecule has 0 bridgehead atoms. The van der Waals surface area contributed by atoms with Crippen molar-refractivity contribution in [3.63, 3.8) is 0 Å². The molecule has 0 saturated carbocycles. The van der Waals surface area contributed by atoms with E-state index in [1.165, 1.54) is 0 Å². The standard InChI is InChI=1S/C10H15N5O2.3HI.V/c1-15-5-7(14-6-16)4-8(15)10(17)13-3-2-9(11)12;;;;/h4-6H,2-3H2,1H3,(H3,11,12)(H,13,17)(H,14,16);3*1H;/q;;;;+3/p-3. The van der Waals surface area contributed by atoms with Crippen LogP contribution < -0.4 is 16.4 Å². The fraction of sp³-hybridized carbons (Fsp3) is 0.300. The number of carbonyl (C=O) groups is 2. The van der Waals surface area contributed by atoms with Gasteiger partial charge in [-0.15, -0.1) is 0 Å². The molecular formula is C10H15I3N5O2V. The van der Waals surface area contributed by atoms with Gasteiger partial charge in [0.15, 0.2) is 0 Å². The van der Waals surface area contributed by atoms with E-state index >= 15 is 0 Å². The van der Waals surface area contributed by atoms with Gasteiger partial charge in [-0.1, -0.05) is 0 Å². The number of amides is 2. The zero-order valence-corrected chi connectivity index (χ0v) is 18.9. The van der Waals surface area contributed by atoms with Crippen molar-refractivity contribution in [1.82, 2.24) is 9.88 Å². The summed E-state index contributed by atoms with van der Waals surface area (Å²) in [5.41, 5.74) is 6.15. The first-order valence-corrected chi connectivity index (χ1v) is 19.0. The molecule has 0 radical (unpaired) electrons. The molecule has 21 heavy (non-hydrogen) atoms. The molecule has 0 atom stereocenters. The maximum atomic E-state index is 11.7. The monoisotopic (exact) mass is 669 g/mol. The summed E-state index contributed by atoms with van der Waals surface area (Å²) in [5, 5.41) is 12.1. The van der Waals surface area contributed by atoms with Crippen LogP contribution in [0.5, 0.6) is 0 Å². The third-order valence-electron chi connectivity index (χ3n) is 2.14. The van der Waals surface area contributed by atoms with Crippen molar-refractivity contribution >= 4 is 83.8 Å². The molecule has 0 unspecified atom stereocenters. The second-order valence-electron chi connectivity index (χ2n) is 3.71. The molecule has 11 heteroatoms. The number of carbonyl (C=O) groups excluding carboxylic acids is 2. The maximum absolute atomic E-state index is 11.7. The number of amidine groups is 1. The van der Waals surface area contributed by atoms with Crippen LogP contribution in [0.4, 0.5) is 5.69 Å². The van der Waals surface area contributed by atoms with Crippen molar-refractivity contribution in [2.45, 2.75) is 6.42 Å². The van der Waals surface area contributed by atoms with Gasteiger partial charge in [-0.05, 0) is 6.07 Å². The van der Waals surface area contributed by atoms with E-state index in [1.54, 1.807) is 23.9 Å². The van der Waals surface area contributed by atoms with Gasteiger partial charge in [0, 0.05) is 26.2 Å². The number of nitrogens with zero attached hydrogens (tertiary/aromatic N) is 1. The summed E-state index contributed by atoms with van der Waals surface area (Å²) in [6, 6.07) is 1.57.